The summed E-state index contributed by atoms with van der Waals surface area (Å²) in [6.45, 7) is 5.95. The molecule has 0 aromatic rings. The third-order valence-corrected chi connectivity index (χ3v) is 1.54. The summed E-state index contributed by atoms with van der Waals surface area (Å²) in [6.07, 6.45) is 0. The van der Waals surface area contributed by atoms with E-state index in [2.05, 4.69) is 0 Å². The van der Waals surface area contributed by atoms with Crippen LogP contribution in [0.2, 0.25) is 0 Å². The maximum Gasteiger partial charge on any atom is 0.0133 e. The summed E-state index contributed by atoms with van der Waals surface area (Å²) in [5.41, 5.74) is 0. The van der Waals surface area contributed by atoms with Crippen molar-refractivity contribution in [2.75, 3.05) is 13.1 Å². The molecule has 0 spiro atoms. The van der Waals surface area contributed by atoms with Crippen LogP contribution in [-0.2, 0) is 12.6 Å². The quantitative estimate of drug-likeness (QED) is 0.452. The second kappa shape index (κ2) is 6.23. The summed E-state index contributed by atoms with van der Waals surface area (Å²) >= 11 is 9.51. The van der Waals surface area contributed by atoms with Gasteiger partial charge in [-0.1, -0.05) is 11.7 Å². The maximum absolute atomic E-state index is 4.76. The van der Waals surface area contributed by atoms with Gasteiger partial charge in [0.25, 0.3) is 0 Å². The van der Waals surface area contributed by atoms with Gasteiger partial charge in [-0.3, -0.25) is 0 Å². The van der Waals surface area contributed by atoms with Gasteiger partial charge in [-0.2, -0.15) is 0 Å². The van der Waals surface area contributed by atoms with Crippen LogP contribution in [0.25, 0.3) is 0 Å². The Bertz CT molecular complexity index is 79.1. The molecule has 0 saturated carbocycles. The molecular formula is C6H14NS2-. The molecule has 0 aliphatic rings. The van der Waals surface area contributed by atoms with Crippen molar-refractivity contribution >= 4 is 29.2 Å². The van der Waals surface area contributed by atoms with Crippen LogP contribution < -0.4 is 0 Å². The van der Waals surface area contributed by atoms with E-state index in [1.807, 2.05) is 18.7 Å². The molecule has 0 unspecified atom stereocenters. The third kappa shape index (κ3) is 4.60. The Balaban J connectivity index is 0. The minimum absolute atomic E-state index is 0. The Kier molecular flexibility index (Phi) is 8.21. The number of hydrogen-bond acceptors (Lipinski definition) is 2. The molecule has 0 aliphatic heterocycles. The lowest BCUT2D eigenvalue weighted by molar-refractivity contribution is 0.482. The summed E-state index contributed by atoms with van der Waals surface area (Å²) in [5, 5.41) is 0. The van der Waals surface area contributed by atoms with E-state index in [-0.39, 0.29) is 7.43 Å². The molecule has 0 aromatic heterocycles. The first-order valence-electron chi connectivity index (χ1n) is 2.68. The van der Waals surface area contributed by atoms with Gasteiger partial charge in [0.1, 0.15) is 0 Å². The molecule has 0 fully saturated rings. The van der Waals surface area contributed by atoms with Gasteiger partial charge in [0, 0.05) is 13.1 Å². The molecule has 0 heterocycles. The van der Waals surface area contributed by atoms with Crippen LogP contribution >= 0.6 is 12.2 Å². The molecular weight excluding hydrogens is 150 g/mol. The monoisotopic (exact) mass is 164 g/mol. The number of hydrogen-bond donors (Lipinski definition) is 0. The zero-order valence-corrected chi connectivity index (χ0v) is 6.81. The van der Waals surface area contributed by atoms with Crippen LogP contribution in [0, 0.1) is 0 Å². The first kappa shape index (κ1) is 11.9. The van der Waals surface area contributed by atoms with Gasteiger partial charge in [-0.15, -0.1) is 0 Å². The Morgan fingerprint density at radius 1 is 1.44 bits per heavy atom. The first-order chi connectivity index (χ1) is 3.72. The van der Waals surface area contributed by atoms with Crippen molar-refractivity contribution in [1.82, 2.24) is 4.90 Å². The maximum atomic E-state index is 4.76. The van der Waals surface area contributed by atoms with Crippen LogP contribution in [0.5, 0.6) is 0 Å². The van der Waals surface area contributed by atoms with Gasteiger partial charge in [-0.25, -0.2) is 0 Å². The molecule has 0 N–H and O–H groups in total. The lowest BCUT2D eigenvalue weighted by Crippen LogP contribution is -2.26. The SMILES string of the molecule is C.CCN(CC)C(=S)[S-]. The molecule has 0 saturated heterocycles. The normalized spacial score (nSPS) is 7.78. The number of rotatable bonds is 2. The molecule has 1 nitrogen and oxygen atoms in total. The van der Waals surface area contributed by atoms with Crippen LogP contribution in [0.1, 0.15) is 21.3 Å². The summed E-state index contributed by atoms with van der Waals surface area (Å²) in [6, 6.07) is 0. The molecule has 0 atom stereocenters. The highest BCUT2D eigenvalue weighted by Gasteiger charge is 1.88. The van der Waals surface area contributed by atoms with Crippen LogP contribution in [-0.4, -0.2) is 22.3 Å². The fraction of sp³-hybridized carbons (Fsp3) is 0.833. The highest BCUT2D eigenvalue weighted by atomic mass is 32.1. The minimum Gasteiger partial charge on any atom is -0.411 e. The van der Waals surface area contributed by atoms with E-state index in [4.69, 9.17) is 24.8 Å². The molecule has 0 aliphatic carbocycles. The molecule has 9 heavy (non-hydrogen) atoms. The van der Waals surface area contributed by atoms with Crippen molar-refractivity contribution in [3.63, 3.8) is 0 Å². The molecule has 56 valence electrons. The average molecular weight is 164 g/mol. The summed E-state index contributed by atoms with van der Waals surface area (Å²) in [4.78, 5) is 1.96. The van der Waals surface area contributed by atoms with Gasteiger partial charge in [0.2, 0.25) is 0 Å². The van der Waals surface area contributed by atoms with Crippen molar-refractivity contribution in [2.24, 2.45) is 0 Å². The van der Waals surface area contributed by atoms with E-state index in [0.29, 0.717) is 4.32 Å². The van der Waals surface area contributed by atoms with Crippen molar-refractivity contribution in [3.8, 4) is 0 Å². The van der Waals surface area contributed by atoms with Gasteiger partial charge < -0.3 is 29.7 Å². The van der Waals surface area contributed by atoms with E-state index in [1.54, 1.807) is 0 Å². The van der Waals surface area contributed by atoms with Gasteiger partial charge >= 0.3 is 0 Å². The van der Waals surface area contributed by atoms with E-state index in [1.165, 1.54) is 0 Å². The molecule has 0 radical (unpaired) electrons. The fourth-order valence-corrected chi connectivity index (χ4v) is 0.998. The summed E-state index contributed by atoms with van der Waals surface area (Å²) in [5.74, 6) is 0. The van der Waals surface area contributed by atoms with E-state index < -0.39 is 0 Å². The second-order valence-electron chi connectivity index (χ2n) is 1.44. The number of thiocarbonyl (C=S) groups is 1. The Morgan fingerprint density at radius 3 is 1.78 bits per heavy atom. The van der Waals surface area contributed by atoms with Crippen LogP contribution in [0.4, 0.5) is 0 Å². The van der Waals surface area contributed by atoms with Crippen LogP contribution in [0.15, 0.2) is 0 Å². The van der Waals surface area contributed by atoms with E-state index in [0.717, 1.165) is 13.1 Å². The third-order valence-electron chi connectivity index (χ3n) is 1.02. The Morgan fingerprint density at radius 2 is 1.78 bits per heavy atom. The number of nitrogens with zero attached hydrogens (tertiary/aromatic N) is 1. The predicted molar refractivity (Wildman–Crippen MR) is 49.6 cm³/mol. The highest BCUT2D eigenvalue weighted by Crippen LogP contribution is 1.87. The zero-order chi connectivity index (χ0) is 6.57. The zero-order valence-electron chi connectivity index (χ0n) is 5.18. The standard InChI is InChI=1S/C5H11NS2.CH4/c1-3-6(4-2)5(7)8;/h3-4H2,1-2H3,(H,7,8);1H4/p-1. The van der Waals surface area contributed by atoms with E-state index in [9.17, 15) is 0 Å². The topological polar surface area (TPSA) is 3.24 Å². The average Bonchev–Trinajstić information content (AvgIpc) is 1.69. The largest absolute Gasteiger partial charge is 0.411 e. The lowest BCUT2D eigenvalue weighted by Gasteiger charge is -2.24. The second-order valence-corrected chi connectivity index (χ2v) is 2.47. The predicted octanol–water partition coefficient (Wildman–Crippen LogP) is 1.80. The van der Waals surface area contributed by atoms with E-state index >= 15 is 0 Å². The Labute approximate surface area is 68.8 Å². The van der Waals surface area contributed by atoms with Crippen molar-refractivity contribution in [2.45, 2.75) is 21.3 Å². The fourth-order valence-electron chi connectivity index (χ4n) is 0.482. The summed E-state index contributed by atoms with van der Waals surface area (Å²) in [7, 11) is 0. The molecule has 0 bridgehead atoms. The van der Waals surface area contributed by atoms with Crippen LogP contribution in [0.3, 0.4) is 0 Å². The lowest BCUT2D eigenvalue weighted by atomic mass is 10.6. The Hall–Kier alpha value is 0.110. The highest BCUT2D eigenvalue weighted by molar-refractivity contribution is 8.00. The van der Waals surface area contributed by atoms with Gasteiger partial charge in [-0.05, 0) is 13.8 Å². The van der Waals surface area contributed by atoms with Gasteiger partial charge in [0.15, 0.2) is 0 Å². The van der Waals surface area contributed by atoms with Crippen molar-refractivity contribution < 1.29 is 0 Å². The first-order valence-corrected chi connectivity index (χ1v) is 3.50. The van der Waals surface area contributed by atoms with Gasteiger partial charge in [0.05, 0.1) is 0 Å². The summed E-state index contributed by atoms with van der Waals surface area (Å²) < 4.78 is 0.579. The smallest absolute Gasteiger partial charge is 0.0133 e. The molecule has 0 aromatic carbocycles. The molecule has 3 heteroatoms. The van der Waals surface area contributed by atoms with Crippen molar-refractivity contribution in [3.05, 3.63) is 0 Å². The minimum atomic E-state index is 0. The molecule has 0 rings (SSSR count). The molecule has 0 amide bonds. The van der Waals surface area contributed by atoms with Crippen molar-refractivity contribution in [1.29, 1.82) is 0 Å².